The summed E-state index contributed by atoms with van der Waals surface area (Å²) in [5.74, 6) is -4.79. The number of rotatable bonds is 18. The number of carbonyl (C=O) groups excluding carboxylic acids is 6. The third kappa shape index (κ3) is 14.2. The SMILES string of the molecule is CCCCCCCCO[C@H]1O[C@H](COC(C)=O)[C@@H](O[C@@H]2O[C@H](COC(C)=O)[C@H](OC(C)=O)[C@H](OC(C)=O)[C@H]2OC(C)=O)[C@H](OC(C)=O)[C@H]1O. The Labute approximate surface area is 285 Å². The van der Waals surface area contributed by atoms with Crippen LogP contribution in [0.4, 0.5) is 0 Å². The lowest BCUT2D eigenvalue weighted by Gasteiger charge is -2.48. The number of unbranched alkanes of at least 4 members (excludes halogenated alkanes) is 5. The van der Waals surface area contributed by atoms with E-state index >= 15 is 0 Å². The van der Waals surface area contributed by atoms with Gasteiger partial charge in [0.05, 0.1) is 0 Å². The van der Waals surface area contributed by atoms with Crippen molar-refractivity contribution in [2.75, 3.05) is 19.8 Å². The number of carbonyl (C=O) groups is 6. The van der Waals surface area contributed by atoms with Crippen molar-refractivity contribution in [1.82, 2.24) is 0 Å². The highest BCUT2D eigenvalue weighted by atomic mass is 16.8. The van der Waals surface area contributed by atoms with Crippen molar-refractivity contribution in [2.45, 2.75) is 148 Å². The number of hydrogen-bond donors (Lipinski definition) is 1. The second-order valence-electron chi connectivity index (χ2n) is 11.7. The zero-order valence-corrected chi connectivity index (χ0v) is 29.1. The molecular weight excluding hydrogens is 656 g/mol. The quantitative estimate of drug-likeness (QED) is 0.121. The maximum atomic E-state index is 12.3. The molecule has 10 atom stereocenters. The molecule has 0 unspecified atom stereocenters. The number of hydrogen-bond acceptors (Lipinski definition) is 17. The minimum Gasteiger partial charge on any atom is -0.463 e. The summed E-state index contributed by atoms with van der Waals surface area (Å²) in [6.07, 6.45) is -9.14. The monoisotopic (exact) mass is 706 g/mol. The Bertz CT molecular complexity index is 1110. The van der Waals surface area contributed by atoms with Crippen LogP contribution in [0.15, 0.2) is 0 Å². The summed E-state index contributed by atoms with van der Waals surface area (Å²) < 4.78 is 56.1. The summed E-state index contributed by atoms with van der Waals surface area (Å²) >= 11 is 0. The molecule has 49 heavy (non-hydrogen) atoms. The van der Waals surface area contributed by atoms with Crippen LogP contribution in [0.25, 0.3) is 0 Å². The molecule has 1 N–H and O–H groups in total. The fourth-order valence-corrected chi connectivity index (χ4v) is 5.39. The number of aliphatic hydroxyl groups is 1. The molecule has 0 amide bonds. The molecule has 17 nitrogen and oxygen atoms in total. The second-order valence-corrected chi connectivity index (χ2v) is 11.7. The molecule has 0 aromatic rings. The first-order valence-electron chi connectivity index (χ1n) is 16.4. The molecule has 0 spiro atoms. The van der Waals surface area contributed by atoms with E-state index in [9.17, 15) is 33.9 Å². The van der Waals surface area contributed by atoms with Crippen LogP contribution < -0.4 is 0 Å². The third-order valence-corrected chi connectivity index (χ3v) is 7.39. The Balaban J connectivity index is 2.50. The molecule has 2 saturated heterocycles. The molecule has 17 heteroatoms. The van der Waals surface area contributed by atoms with Crippen molar-refractivity contribution in [2.24, 2.45) is 0 Å². The summed E-state index contributed by atoms with van der Waals surface area (Å²) in [4.78, 5) is 72.4. The third-order valence-electron chi connectivity index (χ3n) is 7.39. The van der Waals surface area contributed by atoms with E-state index in [1.54, 1.807) is 0 Å². The van der Waals surface area contributed by atoms with Crippen LogP contribution >= 0.6 is 0 Å². The molecule has 0 aliphatic carbocycles. The predicted octanol–water partition coefficient (Wildman–Crippen LogP) is 1.41. The Kier molecular flexibility index (Phi) is 17.9. The van der Waals surface area contributed by atoms with Crippen molar-refractivity contribution in [3.8, 4) is 0 Å². The van der Waals surface area contributed by atoms with Crippen molar-refractivity contribution < 1.29 is 81.2 Å². The van der Waals surface area contributed by atoms with E-state index in [-0.39, 0.29) is 6.61 Å². The van der Waals surface area contributed by atoms with Crippen LogP contribution in [0, 0.1) is 0 Å². The van der Waals surface area contributed by atoms with Gasteiger partial charge < -0.3 is 52.5 Å². The van der Waals surface area contributed by atoms with E-state index in [1.807, 2.05) is 0 Å². The van der Waals surface area contributed by atoms with Crippen LogP contribution in [0.2, 0.25) is 0 Å². The molecule has 2 aliphatic rings. The van der Waals surface area contributed by atoms with Gasteiger partial charge >= 0.3 is 35.8 Å². The van der Waals surface area contributed by atoms with Crippen LogP contribution in [0.1, 0.15) is 87.0 Å². The Hall–Kier alpha value is -3.38. The summed E-state index contributed by atoms with van der Waals surface area (Å²) in [7, 11) is 0. The van der Waals surface area contributed by atoms with Crippen LogP contribution in [0.5, 0.6) is 0 Å². The molecule has 0 aromatic heterocycles. The maximum absolute atomic E-state index is 12.3. The fraction of sp³-hybridized carbons (Fsp3) is 0.812. The Morgan fingerprint density at radius 3 is 1.51 bits per heavy atom. The molecule has 0 aromatic carbocycles. The first kappa shape index (κ1) is 41.8. The summed E-state index contributed by atoms with van der Waals surface area (Å²) in [5, 5.41) is 11.3. The van der Waals surface area contributed by atoms with Gasteiger partial charge in [0.1, 0.15) is 37.6 Å². The van der Waals surface area contributed by atoms with Gasteiger partial charge in [-0.3, -0.25) is 28.8 Å². The molecule has 2 rings (SSSR count). The van der Waals surface area contributed by atoms with E-state index in [0.717, 1.165) is 73.6 Å². The van der Waals surface area contributed by atoms with Crippen molar-refractivity contribution in [1.29, 1.82) is 0 Å². The molecular formula is C32H50O17. The number of esters is 6. The molecule has 2 fully saturated rings. The van der Waals surface area contributed by atoms with Crippen LogP contribution in [0.3, 0.4) is 0 Å². The summed E-state index contributed by atoms with van der Waals surface area (Å²) in [6.45, 7) is 7.89. The normalized spacial score (nSPS) is 29.6. The highest BCUT2D eigenvalue weighted by Crippen LogP contribution is 2.34. The highest BCUT2D eigenvalue weighted by molar-refractivity contribution is 5.69. The second kappa shape index (κ2) is 21.0. The highest BCUT2D eigenvalue weighted by Gasteiger charge is 2.56. The lowest BCUT2D eigenvalue weighted by molar-refractivity contribution is -0.360. The van der Waals surface area contributed by atoms with Gasteiger partial charge in [0.2, 0.25) is 0 Å². The van der Waals surface area contributed by atoms with E-state index in [1.165, 1.54) is 0 Å². The zero-order valence-electron chi connectivity index (χ0n) is 29.1. The Morgan fingerprint density at radius 1 is 0.531 bits per heavy atom. The van der Waals surface area contributed by atoms with Crippen molar-refractivity contribution in [3.05, 3.63) is 0 Å². The average molecular weight is 707 g/mol. The van der Waals surface area contributed by atoms with Crippen LogP contribution in [-0.4, -0.2) is 122 Å². The van der Waals surface area contributed by atoms with Gasteiger partial charge in [-0.1, -0.05) is 39.0 Å². The average Bonchev–Trinajstić information content (AvgIpc) is 2.99. The number of aliphatic hydroxyl groups excluding tert-OH is 1. The topological polar surface area (TPSA) is 215 Å². The molecule has 2 heterocycles. The van der Waals surface area contributed by atoms with Gasteiger partial charge in [0.25, 0.3) is 0 Å². The van der Waals surface area contributed by atoms with Crippen molar-refractivity contribution >= 4 is 35.8 Å². The lowest BCUT2D eigenvalue weighted by Crippen LogP contribution is -2.67. The fourth-order valence-electron chi connectivity index (χ4n) is 5.39. The predicted molar refractivity (Wildman–Crippen MR) is 163 cm³/mol. The molecule has 0 saturated carbocycles. The van der Waals surface area contributed by atoms with Gasteiger partial charge in [0, 0.05) is 48.1 Å². The first-order valence-corrected chi connectivity index (χ1v) is 16.4. The minimum absolute atomic E-state index is 0.201. The molecule has 0 radical (unpaired) electrons. The molecule has 280 valence electrons. The van der Waals surface area contributed by atoms with Gasteiger partial charge in [-0.05, 0) is 6.42 Å². The molecule has 2 aliphatic heterocycles. The lowest BCUT2D eigenvalue weighted by atomic mass is 9.96. The Morgan fingerprint density at radius 2 is 0.980 bits per heavy atom. The minimum atomic E-state index is -1.72. The van der Waals surface area contributed by atoms with Gasteiger partial charge in [-0.25, -0.2) is 0 Å². The number of ether oxygens (including phenoxy) is 10. The summed E-state index contributed by atoms with van der Waals surface area (Å²) in [5.41, 5.74) is 0. The molecule has 0 bridgehead atoms. The van der Waals surface area contributed by atoms with E-state index in [2.05, 4.69) is 6.92 Å². The van der Waals surface area contributed by atoms with Crippen LogP contribution in [-0.2, 0) is 76.1 Å². The smallest absolute Gasteiger partial charge is 0.303 e. The maximum Gasteiger partial charge on any atom is 0.303 e. The van der Waals surface area contributed by atoms with Gasteiger partial charge in [-0.2, -0.15) is 0 Å². The summed E-state index contributed by atoms with van der Waals surface area (Å²) in [6, 6.07) is 0. The van der Waals surface area contributed by atoms with E-state index in [4.69, 9.17) is 47.4 Å². The van der Waals surface area contributed by atoms with Gasteiger partial charge in [0.15, 0.2) is 37.0 Å². The standard InChI is InChI=1S/C32H50O17/c1-8-9-10-11-12-13-14-40-31-25(39)28(44-20(5)36)26(23(47-31)15-41-17(2)33)49-32-30(46-22(7)38)29(45-21(6)37)27(43-19(4)35)24(48-32)16-42-18(3)34/h23-32,39H,8-16H2,1-7H3/t23-,24-,25-,26-,27+,28-,29+,30-,31+,32+/m1/s1. The van der Waals surface area contributed by atoms with E-state index < -0.39 is 110 Å². The van der Waals surface area contributed by atoms with Crippen molar-refractivity contribution in [3.63, 3.8) is 0 Å². The first-order chi connectivity index (χ1) is 23.1. The van der Waals surface area contributed by atoms with E-state index in [0.29, 0.717) is 6.42 Å². The van der Waals surface area contributed by atoms with Gasteiger partial charge in [-0.15, -0.1) is 0 Å². The zero-order chi connectivity index (χ0) is 36.7. The largest absolute Gasteiger partial charge is 0.463 e.